The molecule has 17 heavy (non-hydrogen) atoms. The molecule has 1 unspecified atom stereocenters. The number of esters is 1. The molecule has 0 aromatic heterocycles. The summed E-state index contributed by atoms with van der Waals surface area (Å²) in [7, 11) is 0. The Morgan fingerprint density at radius 3 is 2.24 bits per heavy atom. The fourth-order valence-electron chi connectivity index (χ4n) is 1.39. The normalized spacial score (nSPS) is 26.1. The first kappa shape index (κ1) is 13.8. The predicted octanol–water partition coefficient (Wildman–Crippen LogP) is 0.909. The van der Waals surface area contributed by atoms with Crippen LogP contribution in [0.15, 0.2) is 4.99 Å². The first-order valence-corrected chi connectivity index (χ1v) is 5.82. The van der Waals surface area contributed by atoms with Crippen LogP contribution in [-0.4, -0.2) is 29.2 Å². The second-order valence-electron chi connectivity index (χ2n) is 5.24. The van der Waals surface area contributed by atoms with Crippen molar-refractivity contribution in [3.63, 3.8) is 0 Å². The molecule has 1 aliphatic heterocycles. The highest BCUT2D eigenvalue weighted by molar-refractivity contribution is 6.41. The van der Waals surface area contributed by atoms with Crippen molar-refractivity contribution in [3.05, 3.63) is 0 Å². The molecule has 0 saturated heterocycles. The van der Waals surface area contributed by atoms with Crippen LogP contribution in [0, 0.1) is 11.8 Å². The van der Waals surface area contributed by atoms with Gasteiger partial charge in [-0.3, -0.25) is 4.79 Å². The summed E-state index contributed by atoms with van der Waals surface area (Å²) in [6.07, 6.45) is 0. The van der Waals surface area contributed by atoms with Gasteiger partial charge in [-0.25, -0.2) is 9.79 Å². The molecule has 0 aromatic carbocycles. The molecule has 1 aliphatic rings. The molecule has 0 aromatic rings. The van der Waals surface area contributed by atoms with Gasteiger partial charge in [0.25, 0.3) is 5.90 Å². The monoisotopic (exact) mass is 240 g/mol. The largest absolute Gasteiger partial charge is 0.402 e. The van der Waals surface area contributed by atoms with E-state index in [-0.39, 0.29) is 17.7 Å². The summed E-state index contributed by atoms with van der Waals surface area (Å²) in [4.78, 5) is 27.7. The number of ketones is 1. The third-order valence-corrected chi connectivity index (χ3v) is 3.29. The lowest BCUT2D eigenvalue weighted by Crippen LogP contribution is -2.40. The molecule has 1 rings (SSSR count). The maximum absolute atomic E-state index is 11.9. The van der Waals surface area contributed by atoms with Crippen molar-refractivity contribution in [3.8, 4) is 0 Å². The van der Waals surface area contributed by atoms with Crippen molar-refractivity contribution < 1.29 is 14.3 Å². The van der Waals surface area contributed by atoms with E-state index >= 15 is 0 Å². The maximum Gasteiger partial charge on any atom is 0.340 e. The smallest absolute Gasteiger partial charge is 0.340 e. The van der Waals surface area contributed by atoms with E-state index in [0.717, 1.165) is 0 Å². The Balaban J connectivity index is 2.96. The predicted molar refractivity (Wildman–Crippen MR) is 64.6 cm³/mol. The van der Waals surface area contributed by atoms with E-state index in [9.17, 15) is 9.59 Å². The third-order valence-electron chi connectivity index (χ3n) is 3.29. The lowest BCUT2D eigenvalue weighted by molar-refractivity contribution is -0.140. The van der Waals surface area contributed by atoms with Crippen LogP contribution in [0.4, 0.5) is 0 Å². The number of aliphatic imine (C=N–C) groups is 1. The van der Waals surface area contributed by atoms with Crippen LogP contribution < -0.4 is 5.73 Å². The van der Waals surface area contributed by atoms with Gasteiger partial charge in [0.1, 0.15) is 0 Å². The number of ether oxygens (including phenoxy) is 1. The molecule has 1 heterocycles. The lowest BCUT2D eigenvalue weighted by Gasteiger charge is -2.19. The number of carbonyl (C=O) groups is 2. The zero-order valence-corrected chi connectivity index (χ0v) is 11.0. The highest BCUT2D eigenvalue weighted by atomic mass is 16.6. The van der Waals surface area contributed by atoms with Crippen LogP contribution >= 0.6 is 0 Å². The molecule has 0 fully saturated rings. The number of carbonyl (C=O) groups excluding carboxylic acids is 2. The number of hydrogen-bond acceptors (Lipinski definition) is 5. The highest BCUT2D eigenvalue weighted by Crippen LogP contribution is 2.28. The van der Waals surface area contributed by atoms with E-state index in [2.05, 4.69) is 4.99 Å². The number of hydrogen-bond donors (Lipinski definition) is 1. The fourth-order valence-corrected chi connectivity index (χ4v) is 1.39. The SMILES string of the molecule is CC(C)[C@H](N)C(=O)C1=NC(C)(C(C)C)C(=O)O1. The van der Waals surface area contributed by atoms with Gasteiger partial charge in [-0.15, -0.1) is 0 Å². The molecule has 2 N–H and O–H groups in total. The van der Waals surface area contributed by atoms with Crippen LogP contribution in [0.3, 0.4) is 0 Å². The zero-order valence-electron chi connectivity index (χ0n) is 11.0. The number of cyclic esters (lactones) is 1. The molecule has 0 radical (unpaired) electrons. The number of Topliss-reactive ketones (excluding diaryl/α,β-unsaturated/α-hetero) is 1. The maximum atomic E-state index is 11.9. The summed E-state index contributed by atoms with van der Waals surface area (Å²) < 4.78 is 4.95. The van der Waals surface area contributed by atoms with Crippen LogP contribution in [0.25, 0.3) is 0 Å². The molecule has 96 valence electrons. The van der Waals surface area contributed by atoms with E-state index in [1.54, 1.807) is 6.92 Å². The van der Waals surface area contributed by atoms with Crippen LogP contribution in [0.2, 0.25) is 0 Å². The Labute approximate surface area is 101 Å². The second-order valence-corrected chi connectivity index (χ2v) is 5.24. The Kier molecular flexibility index (Phi) is 3.71. The Bertz CT molecular complexity index is 374. The summed E-state index contributed by atoms with van der Waals surface area (Å²) in [5.74, 6) is -1.08. The van der Waals surface area contributed by atoms with E-state index < -0.39 is 23.3 Å². The van der Waals surface area contributed by atoms with Gasteiger partial charge in [0.2, 0.25) is 5.78 Å². The minimum absolute atomic E-state index is 0.0187. The van der Waals surface area contributed by atoms with E-state index in [1.807, 2.05) is 27.7 Å². The summed E-state index contributed by atoms with van der Waals surface area (Å²) in [6.45, 7) is 9.06. The van der Waals surface area contributed by atoms with Crippen LogP contribution in [0.5, 0.6) is 0 Å². The minimum Gasteiger partial charge on any atom is -0.402 e. The minimum atomic E-state index is -0.971. The van der Waals surface area contributed by atoms with Gasteiger partial charge in [-0.05, 0) is 18.8 Å². The first-order chi connectivity index (χ1) is 7.70. The van der Waals surface area contributed by atoms with Crippen molar-refractivity contribution in [1.29, 1.82) is 0 Å². The van der Waals surface area contributed by atoms with Crippen molar-refractivity contribution in [2.24, 2.45) is 22.6 Å². The second kappa shape index (κ2) is 4.56. The van der Waals surface area contributed by atoms with Crippen molar-refractivity contribution in [1.82, 2.24) is 0 Å². The molecular formula is C12H20N2O3. The molecule has 0 amide bonds. The van der Waals surface area contributed by atoms with Crippen LogP contribution in [0.1, 0.15) is 34.6 Å². The number of nitrogens with two attached hydrogens (primary N) is 1. The van der Waals surface area contributed by atoms with E-state index in [0.29, 0.717) is 0 Å². The van der Waals surface area contributed by atoms with Gasteiger partial charge in [0.15, 0.2) is 5.54 Å². The molecule has 0 aliphatic carbocycles. The number of nitrogens with zero attached hydrogens (tertiary/aromatic N) is 1. The van der Waals surface area contributed by atoms with Crippen molar-refractivity contribution in [2.75, 3.05) is 0 Å². The molecule has 0 spiro atoms. The summed E-state index contributed by atoms with van der Waals surface area (Å²) in [6, 6.07) is -0.684. The Morgan fingerprint density at radius 2 is 1.88 bits per heavy atom. The zero-order chi connectivity index (χ0) is 13.4. The van der Waals surface area contributed by atoms with Crippen molar-refractivity contribution in [2.45, 2.75) is 46.2 Å². The van der Waals surface area contributed by atoms with Gasteiger partial charge in [0.05, 0.1) is 6.04 Å². The van der Waals surface area contributed by atoms with Gasteiger partial charge in [0, 0.05) is 0 Å². The molecule has 0 bridgehead atoms. The summed E-state index contributed by atoms with van der Waals surface area (Å²) >= 11 is 0. The number of rotatable bonds is 4. The van der Waals surface area contributed by atoms with Gasteiger partial charge >= 0.3 is 5.97 Å². The lowest BCUT2D eigenvalue weighted by atomic mass is 9.90. The first-order valence-electron chi connectivity index (χ1n) is 5.82. The quantitative estimate of drug-likeness (QED) is 0.740. The summed E-state index contributed by atoms with van der Waals surface area (Å²) in [5.41, 5.74) is 4.76. The summed E-state index contributed by atoms with van der Waals surface area (Å²) in [5, 5.41) is 0. The third kappa shape index (κ3) is 2.39. The van der Waals surface area contributed by atoms with Crippen LogP contribution in [-0.2, 0) is 14.3 Å². The average molecular weight is 240 g/mol. The van der Waals surface area contributed by atoms with Gasteiger partial charge in [-0.1, -0.05) is 27.7 Å². The van der Waals surface area contributed by atoms with E-state index in [1.165, 1.54) is 0 Å². The topological polar surface area (TPSA) is 81.8 Å². The van der Waals surface area contributed by atoms with Gasteiger partial charge in [-0.2, -0.15) is 0 Å². The molecule has 5 heteroatoms. The molecule has 0 saturated carbocycles. The molecular weight excluding hydrogens is 220 g/mol. The van der Waals surface area contributed by atoms with Gasteiger partial charge < -0.3 is 10.5 Å². The average Bonchev–Trinajstić information content (AvgIpc) is 2.54. The Morgan fingerprint density at radius 1 is 1.35 bits per heavy atom. The van der Waals surface area contributed by atoms with E-state index in [4.69, 9.17) is 10.5 Å². The molecule has 2 atom stereocenters. The Hall–Kier alpha value is -1.23. The van der Waals surface area contributed by atoms with Crippen molar-refractivity contribution >= 4 is 17.7 Å². The fraction of sp³-hybridized carbons (Fsp3) is 0.750. The molecule has 5 nitrogen and oxygen atoms in total. The highest BCUT2D eigenvalue weighted by Gasteiger charge is 2.46. The standard InChI is InChI=1S/C12H20N2O3/c1-6(2)8(13)9(15)10-14-12(5,7(3)4)11(16)17-10/h6-8H,13H2,1-5H3/t8-,12?/m0/s1.